The van der Waals surface area contributed by atoms with Crippen LogP contribution in [0, 0.1) is 6.92 Å². The normalized spacial score (nSPS) is 11.2. The number of rotatable bonds is 5. The first kappa shape index (κ1) is 21.9. The number of nitrogens with zero attached hydrogens (tertiary/aromatic N) is 2. The molecule has 2 amide bonds. The highest BCUT2D eigenvalue weighted by Gasteiger charge is 2.40. The molecule has 0 spiro atoms. The molecule has 0 saturated heterocycles. The van der Waals surface area contributed by atoms with E-state index < -0.39 is 23.3 Å². The molecule has 2 N–H and O–H groups in total. The van der Waals surface area contributed by atoms with E-state index in [9.17, 15) is 22.8 Å². The molecular formula is C21H19F3N4O3. The first-order chi connectivity index (χ1) is 14.6. The number of carbonyl (C=O) groups is 2. The Morgan fingerprint density at radius 1 is 1.06 bits per heavy atom. The van der Waals surface area contributed by atoms with Gasteiger partial charge in [-0.3, -0.25) is 9.59 Å². The van der Waals surface area contributed by atoms with Crippen LogP contribution in [-0.4, -0.2) is 28.7 Å². The first-order valence-corrected chi connectivity index (χ1v) is 9.09. The molecule has 0 radical (unpaired) electrons. The summed E-state index contributed by atoms with van der Waals surface area (Å²) in [5, 5.41) is 8.73. The van der Waals surface area contributed by atoms with E-state index in [0.29, 0.717) is 10.4 Å². The number of carbonyl (C=O) groups excluding carboxylic acids is 2. The fourth-order valence-corrected chi connectivity index (χ4v) is 2.94. The van der Waals surface area contributed by atoms with Gasteiger partial charge in [-0.05, 0) is 37.3 Å². The number of aryl methyl sites for hydroxylation is 1. The van der Waals surface area contributed by atoms with Crippen molar-refractivity contribution < 1.29 is 27.5 Å². The standard InChI is InChI=1S/C21H19F3N4O3/c1-12-4-7-15(8-5-12)28-19(21(22,23)24)16(11-25-28)20(30)27-14-6-9-18(31-3)17(10-14)26-13(2)29/h4-11H,1-3H3,(H,26,29)(H,27,30). The Balaban J connectivity index is 1.97. The number of amides is 2. The van der Waals surface area contributed by atoms with E-state index in [0.717, 1.165) is 11.8 Å². The van der Waals surface area contributed by atoms with E-state index in [1.807, 2.05) is 0 Å². The Morgan fingerprint density at radius 2 is 1.74 bits per heavy atom. The molecule has 3 rings (SSSR count). The van der Waals surface area contributed by atoms with Crippen LogP contribution in [0.1, 0.15) is 28.5 Å². The number of halogens is 3. The number of ether oxygens (including phenoxy) is 1. The topological polar surface area (TPSA) is 85.2 Å². The molecule has 0 bridgehead atoms. The van der Waals surface area contributed by atoms with Crippen molar-refractivity contribution in [3.63, 3.8) is 0 Å². The third-order valence-electron chi connectivity index (χ3n) is 4.33. The molecular weight excluding hydrogens is 413 g/mol. The lowest BCUT2D eigenvalue weighted by Crippen LogP contribution is -2.20. The summed E-state index contributed by atoms with van der Waals surface area (Å²) in [5.74, 6) is -1.04. The molecule has 0 aliphatic heterocycles. The molecule has 162 valence electrons. The molecule has 2 aromatic carbocycles. The molecule has 3 aromatic rings. The van der Waals surface area contributed by atoms with Gasteiger partial charge in [-0.15, -0.1) is 0 Å². The van der Waals surface area contributed by atoms with Crippen molar-refractivity contribution in [2.75, 3.05) is 17.7 Å². The Hall–Kier alpha value is -3.82. The molecule has 0 atom stereocenters. The molecule has 0 fully saturated rings. The lowest BCUT2D eigenvalue weighted by molar-refractivity contribution is -0.143. The van der Waals surface area contributed by atoms with Gasteiger partial charge in [-0.2, -0.15) is 18.3 Å². The van der Waals surface area contributed by atoms with Crippen LogP contribution in [0.3, 0.4) is 0 Å². The van der Waals surface area contributed by atoms with Crippen LogP contribution >= 0.6 is 0 Å². The lowest BCUT2D eigenvalue weighted by atomic mass is 10.2. The molecule has 0 unspecified atom stereocenters. The number of nitrogens with one attached hydrogen (secondary N) is 2. The number of aromatic nitrogens is 2. The number of hydrogen-bond donors (Lipinski definition) is 2. The van der Waals surface area contributed by atoms with Gasteiger partial charge >= 0.3 is 6.18 Å². The highest BCUT2D eigenvalue weighted by Crippen LogP contribution is 2.34. The van der Waals surface area contributed by atoms with Crippen molar-refractivity contribution in [1.29, 1.82) is 0 Å². The van der Waals surface area contributed by atoms with Crippen LogP contribution in [0.25, 0.3) is 5.69 Å². The van der Waals surface area contributed by atoms with Gasteiger partial charge in [0.1, 0.15) is 5.75 Å². The summed E-state index contributed by atoms with van der Waals surface area (Å²) in [7, 11) is 1.40. The molecule has 10 heteroatoms. The predicted molar refractivity (Wildman–Crippen MR) is 109 cm³/mol. The number of benzene rings is 2. The smallest absolute Gasteiger partial charge is 0.434 e. The van der Waals surface area contributed by atoms with Gasteiger partial charge in [-0.1, -0.05) is 17.7 Å². The van der Waals surface area contributed by atoms with Crippen LogP contribution in [-0.2, 0) is 11.0 Å². The largest absolute Gasteiger partial charge is 0.495 e. The molecule has 31 heavy (non-hydrogen) atoms. The minimum atomic E-state index is -4.82. The zero-order chi connectivity index (χ0) is 22.8. The maximum Gasteiger partial charge on any atom is 0.434 e. The number of anilines is 2. The van der Waals surface area contributed by atoms with Gasteiger partial charge in [0.2, 0.25) is 5.91 Å². The van der Waals surface area contributed by atoms with Crippen LogP contribution in [0.4, 0.5) is 24.5 Å². The lowest BCUT2D eigenvalue weighted by Gasteiger charge is -2.14. The zero-order valence-electron chi connectivity index (χ0n) is 16.9. The summed E-state index contributed by atoms with van der Waals surface area (Å²) in [6, 6.07) is 10.6. The van der Waals surface area contributed by atoms with Gasteiger partial charge in [0.05, 0.1) is 30.2 Å². The monoisotopic (exact) mass is 432 g/mol. The highest BCUT2D eigenvalue weighted by molar-refractivity contribution is 6.05. The van der Waals surface area contributed by atoms with Crippen molar-refractivity contribution in [2.24, 2.45) is 0 Å². The zero-order valence-corrected chi connectivity index (χ0v) is 16.9. The van der Waals surface area contributed by atoms with Crippen molar-refractivity contribution in [3.05, 3.63) is 65.5 Å². The fourth-order valence-electron chi connectivity index (χ4n) is 2.94. The van der Waals surface area contributed by atoms with Crippen LogP contribution in [0.5, 0.6) is 5.75 Å². The Bertz CT molecular complexity index is 1120. The Labute approximate surface area is 175 Å². The van der Waals surface area contributed by atoms with Crippen LogP contribution in [0.2, 0.25) is 0 Å². The first-order valence-electron chi connectivity index (χ1n) is 9.09. The van der Waals surface area contributed by atoms with Gasteiger partial charge in [-0.25, -0.2) is 4.68 Å². The highest BCUT2D eigenvalue weighted by atomic mass is 19.4. The van der Waals surface area contributed by atoms with E-state index >= 15 is 0 Å². The van der Waals surface area contributed by atoms with Gasteiger partial charge in [0, 0.05) is 12.6 Å². The number of hydrogen-bond acceptors (Lipinski definition) is 4. The van der Waals surface area contributed by atoms with Gasteiger partial charge in [0.15, 0.2) is 5.69 Å². The Kier molecular flexibility index (Phi) is 6.00. The summed E-state index contributed by atoms with van der Waals surface area (Å²) in [4.78, 5) is 24.0. The summed E-state index contributed by atoms with van der Waals surface area (Å²) >= 11 is 0. The number of methoxy groups -OCH3 is 1. The van der Waals surface area contributed by atoms with Crippen molar-refractivity contribution in [1.82, 2.24) is 9.78 Å². The van der Waals surface area contributed by atoms with Gasteiger partial charge < -0.3 is 15.4 Å². The molecule has 0 aliphatic carbocycles. The molecule has 7 nitrogen and oxygen atoms in total. The molecule has 1 heterocycles. The second-order valence-corrected chi connectivity index (χ2v) is 6.70. The minimum Gasteiger partial charge on any atom is -0.495 e. The van der Waals surface area contributed by atoms with E-state index in [2.05, 4.69) is 15.7 Å². The predicted octanol–water partition coefficient (Wildman–Crippen LogP) is 4.42. The molecule has 0 saturated carbocycles. The second-order valence-electron chi connectivity index (χ2n) is 6.70. The average Bonchev–Trinajstić information content (AvgIpc) is 3.14. The third kappa shape index (κ3) is 4.85. The third-order valence-corrected chi connectivity index (χ3v) is 4.33. The molecule has 1 aromatic heterocycles. The summed E-state index contributed by atoms with van der Waals surface area (Å²) in [6.45, 7) is 3.10. The van der Waals surface area contributed by atoms with E-state index in [4.69, 9.17) is 4.74 Å². The SMILES string of the molecule is COc1ccc(NC(=O)c2cnn(-c3ccc(C)cc3)c2C(F)(F)F)cc1NC(C)=O. The minimum absolute atomic E-state index is 0.172. The van der Waals surface area contributed by atoms with Crippen molar-refractivity contribution >= 4 is 23.2 Å². The summed E-state index contributed by atoms with van der Waals surface area (Å²) < 4.78 is 47.2. The van der Waals surface area contributed by atoms with Crippen molar-refractivity contribution in [3.8, 4) is 11.4 Å². The van der Waals surface area contributed by atoms with E-state index in [1.54, 1.807) is 19.1 Å². The second kappa shape index (κ2) is 8.50. The maximum atomic E-state index is 13.8. The van der Waals surface area contributed by atoms with Crippen LogP contribution in [0.15, 0.2) is 48.7 Å². The fraction of sp³-hybridized carbons (Fsp3) is 0.190. The average molecular weight is 432 g/mol. The van der Waals surface area contributed by atoms with Gasteiger partial charge in [0.25, 0.3) is 5.91 Å². The molecule has 0 aliphatic rings. The summed E-state index contributed by atoms with van der Waals surface area (Å²) in [5.41, 5.74) is -0.342. The Morgan fingerprint density at radius 3 is 2.32 bits per heavy atom. The quantitative estimate of drug-likeness (QED) is 0.625. The maximum absolute atomic E-state index is 13.8. The summed E-state index contributed by atoms with van der Waals surface area (Å²) in [6.07, 6.45) is -3.95. The van der Waals surface area contributed by atoms with Crippen LogP contribution < -0.4 is 15.4 Å². The van der Waals surface area contributed by atoms with E-state index in [-0.39, 0.29) is 23.0 Å². The number of alkyl halides is 3. The van der Waals surface area contributed by atoms with E-state index in [1.165, 1.54) is 44.4 Å². The van der Waals surface area contributed by atoms with Crippen molar-refractivity contribution in [2.45, 2.75) is 20.0 Å².